The largest absolute Gasteiger partial charge is 0.350 e. The van der Waals surface area contributed by atoms with Gasteiger partial charge in [0.1, 0.15) is 4.75 Å². The molecule has 2 aliphatic rings. The molecule has 0 saturated carbocycles. The van der Waals surface area contributed by atoms with Gasteiger partial charge in [0.25, 0.3) is 0 Å². The van der Waals surface area contributed by atoms with E-state index in [2.05, 4.69) is 5.48 Å². The fourth-order valence-electron chi connectivity index (χ4n) is 4.30. The molecule has 2 aliphatic heterocycles. The summed E-state index contributed by atoms with van der Waals surface area (Å²) >= 11 is 1.46. The van der Waals surface area contributed by atoms with E-state index in [4.69, 9.17) is 9.57 Å². The number of hydrogen-bond acceptors (Lipinski definition) is 6. The molecule has 1 unspecified atom stereocenters. The first-order chi connectivity index (χ1) is 14.9. The van der Waals surface area contributed by atoms with Crippen LogP contribution in [0.5, 0.6) is 0 Å². The molecule has 3 heterocycles. The van der Waals surface area contributed by atoms with E-state index < -0.39 is 26.8 Å². The molecule has 4 rings (SSSR count). The predicted molar refractivity (Wildman–Crippen MR) is 121 cm³/mol. The summed E-state index contributed by atoms with van der Waals surface area (Å²) in [6, 6.07) is 12.0. The number of nitrogens with one attached hydrogen (secondary N) is 1. The molecule has 0 bridgehead atoms. The minimum Gasteiger partial charge on any atom is -0.350 e. The SMILES string of the molecule is Cc1ccc(-c2ccc([C@@]3(CC(=O)NOC4CCCCO4)CCCCS3(=O)=O)s2)cc1. The van der Waals surface area contributed by atoms with Crippen LogP contribution >= 0.6 is 11.3 Å². The van der Waals surface area contributed by atoms with Crippen molar-refractivity contribution in [1.82, 2.24) is 5.48 Å². The number of amides is 1. The molecule has 6 nitrogen and oxygen atoms in total. The average molecular weight is 464 g/mol. The minimum absolute atomic E-state index is 0.102. The molecule has 2 atom stereocenters. The van der Waals surface area contributed by atoms with Crippen LogP contribution in [0.1, 0.15) is 55.4 Å². The van der Waals surface area contributed by atoms with Crippen LogP contribution in [0.25, 0.3) is 10.4 Å². The molecule has 2 aromatic rings. The van der Waals surface area contributed by atoms with E-state index in [0.717, 1.165) is 34.6 Å². The van der Waals surface area contributed by atoms with Gasteiger partial charge in [0, 0.05) is 22.8 Å². The third-order valence-electron chi connectivity index (χ3n) is 6.12. The highest BCUT2D eigenvalue weighted by molar-refractivity contribution is 7.92. The number of rotatable bonds is 6. The van der Waals surface area contributed by atoms with Crippen molar-refractivity contribution in [2.75, 3.05) is 12.4 Å². The smallest absolute Gasteiger partial charge is 0.245 e. The van der Waals surface area contributed by atoms with Gasteiger partial charge in [0.05, 0.1) is 12.2 Å². The summed E-state index contributed by atoms with van der Waals surface area (Å²) in [5.41, 5.74) is 4.67. The first kappa shape index (κ1) is 22.5. The van der Waals surface area contributed by atoms with Crippen LogP contribution in [0, 0.1) is 6.92 Å². The number of hydrogen-bond donors (Lipinski definition) is 1. The third-order valence-corrected chi connectivity index (χ3v) is 10.2. The maximum absolute atomic E-state index is 13.3. The van der Waals surface area contributed by atoms with Crippen LogP contribution in [0.2, 0.25) is 0 Å². The number of aryl methyl sites for hydroxylation is 1. The highest BCUT2D eigenvalue weighted by Gasteiger charge is 2.49. The lowest BCUT2D eigenvalue weighted by Crippen LogP contribution is -2.45. The van der Waals surface area contributed by atoms with Gasteiger partial charge in [-0.25, -0.2) is 18.7 Å². The molecular formula is C23H29NO5S2. The summed E-state index contributed by atoms with van der Waals surface area (Å²) in [5.74, 6) is -0.324. The number of thiophene rings is 1. The standard InChI is InChI=1S/C23H29NO5S2/c1-17-7-9-18(10-8-17)19-11-12-20(30-19)23(13-3-5-15-31(23,26)27)16-21(25)24-29-22-6-2-4-14-28-22/h7-12,22H,2-6,13-16H2,1H3,(H,24,25)/t22?,23-/m0/s1. The van der Waals surface area contributed by atoms with Gasteiger partial charge >= 0.3 is 0 Å². The third kappa shape index (κ3) is 4.87. The number of ether oxygens (including phenoxy) is 1. The van der Waals surface area contributed by atoms with Gasteiger partial charge in [-0.15, -0.1) is 11.3 Å². The van der Waals surface area contributed by atoms with E-state index in [1.807, 2.05) is 43.3 Å². The molecule has 8 heteroatoms. The fourth-order valence-corrected chi connectivity index (χ4v) is 8.09. The highest BCUT2D eigenvalue weighted by Crippen LogP contribution is 2.47. The molecule has 31 heavy (non-hydrogen) atoms. The van der Waals surface area contributed by atoms with Crippen LogP contribution in [-0.2, 0) is 29.0 Å². The first-order valence-corrected chi connectivity index (χ1v) is 13.3. The second kappa shape index (κ2) is 9.40. The molecule has 0 aliphatic carbocycles. The molecule has 2 saturated heterocycles. The van der Waals surface area contributed by atoms with Crippen molar-refractivity contribution in [3.05, 3.63) is 46.8 Å². The Morgan fingerprint density at radius 1 is 1.16 bits per heavy atom. The predicted octanol–water partition coefficient (Wildman–Crippen LogP) is 4.48. The Kier molecular flexibility index (Phi) is 6.81. The zero-order valence-electron chi connectivity index (χ0n) is 17.8. The van der Waals surface area contributed by atoms with Crippen molar-refractivity contribution in [2.24, 2.45) is 0 Å². The van der Waals surface area contributed by atoms with E-state index >= 15 is 0 Å². The maximum atomic E-state index is 13.3. The van der Waals surface area contributed by atoms with E-state index in [0.29, 0.717) is 25.9 Å². The molecule has 168 valence electrons. The van der Waals surface area contributed by atoms with E-state index in [1.54, 1.807) is 0 Å². The average Bonchev–Trinajstić information content (AvgIpc) is 3.26. The van der Waals surface area contributed by atoms with Crippen LogP contribution in [0.4, 0.5) is 0 Å². The zero-order valence-corrected chi connectivity index (χ0v) is 19.4. The number of carbonyl (C=O) groups is 1. The Morgan fingerprint density at radius 2 is 1.97 bits per heavy atom. The Morgan fingerprint density at radius 3 is 2.68 bits per heavy atom. The summed E-state index contributed by atoms with van der Waals surface area (Å²) in [5, 5.41) is 0. The van der Waals surface area contributed by atoms with E-state index in [-0.39, 0.29) is 12.2 Å². The van der Waals surface area contributed by atoms with Crippen LogP contribution < -0.4 is 5.48 Å². The number of sulfone groups is 1. The molecular weight excluding hydrogens is 434 g/mol. The summed E-state index contributed by atoms with van der Waals surface area (Å²) in [6.45, 7) is 2.64. The molecule has 1 aromatic carbocycles. The van der Waals surface area contributed by atoms with Gasteiger partial charge in [0.2, 0.25) is 5.91 Å². The lowest BCUT2D eigenvalue weighted by Gasteiger charge is -2.35. The first-order valence-electron chi connectivity index (χ1n) is 10.9. The second-order valence-corrected chi connectivity index (χ2v) is 11.9. The number of benzene rings is 1. The Hall–Kier alpha value is -1.74. The molecule has 1 N–H and O–H groups in total. The molecule has 1 amide bonds. The van der Waals surface area contributed by atoms with E-state index in [9.17, 15) is 13.2 Å². The van der Waals surface area contributed by atoms with Gasteiger partial charge in [-0.3, -0.25) is 4.79 Å². The number of hydroxylamine groups is 1. The van der Waals surface area contributed by atoms with Crippen LogP contribution in [-0.4, -0.2) is 33.0 Å². The van der Waals surface area contributed by atoms with Gasteiger partial charge in [-0.1, -0.05) is 36.2 Å². The van der Waals surface area contributed by atoms with Crippen LogP contribution in [0.3, 0.4) is 0 Å². The van der Waals surface area contributed by atoms with Gasteiger partial charge < -0.3 is 4.74 Å². The number of carbonyl (C=O) groups excluding carboxylic acids is 1. The lowest BCUT2D eigenvalue weighted by molar-refractivity contribution is -0.200. The van der Waals surface area contributed by atoms with E-state index in [1.165, 1.54) is 16.9 Å². The minimum atomic E-state index is -3.49. The maximum Gasteiger partial charge on any atom is 0.245 e. The Bertz CT molecular complexity index is 1010. The molecule has 2 fully saturated rings. The monoisotopic (exact) mass is 463 g/mol. The van der Waals surface area contributed by atoms with Crippen molar-refractivity contribution in [2.45, 2.75) is 62.9 Å². The highest BCUT2D eigenvalue weighted by atomic mass is 32.2. The summed E-state index contributed by atoms with van der Waals surface area (Å²) in [7, 11) is -3.49. The van der Waals surface area contributed by atoms with Gasteiger partial charge in [-0.2, -0.15) is 0 Å². The van der Waals surface area contributed by atoms with Crippen molar-refractivity contribution in [1.29, 1.82) is 0 Å². The molecule has 1 aromatic heterocycles. The zero-order chi connectivity index (χ0) is 21.9. The summed E-state index contributed by atoms with van der Waals surface area (Å²) < 4.78 is 30.9. The van der Waals surface area contributed by atoms with Crippen molar-refractivity contribution in [3.8, 4) is 10.4 Å². The van der Waals surface area contributed by atoms with Crippen molar-refractivity contribution >= 4 is 27.1 Å². The van der Waals surface area contributed by atoms with Crippen molar-refractivity contribution in [3.63, 3.8) is 0 Å². The summed E-state index contributed by atoms with van der Waals surface area (Å²) in [4.78, 5) is 19.9. The lowest BCUT2D eigenvalue weighted by atomic mass is 9.94. The normalized spacial score (nSPS) is 25.8. The van der Waals surface area contributed by atoms with Gasteiger partial charge in [-0.05, 0) is 50.3 Å². The van der Waals surface area contributed by atoms with Crippen LogP contribution in [0.15, 0.2) is 36.4 Å². The topological polar surface area (TPSA) is 81.7 Å². The van der Waals surface area contributed by atoms with Gasteiger partial charge in [0.15, 0.2) is 16.1 Å². The molecule has 0 spiro atoms. The summed E-state index contributed by atoms with van der Waals surface area (Å²) in [6.07, 6.45) is 3.92. The Balaban J connectivity index is 1.57. The Labute approximate surface area is 187 Å². The fraction of sp³-hybridized carbons (Fsp3) is 0.522. The quantitative estimate of drug-likeness (QED) is 0.639. The second-order valence-electron chi connectivity index (χ2n) is 8.42. The van der Waals surface area contributed by atoms with Crippen molar-refractivity contribution < 1.29 is 22.8 Å². The molecule has 0 radical (unpaired) electrons.